The topological polar surface area (TPSA) is 68.7 Å². The van der Waals surface area contributed by atoms with Crippen molar-refractivity contribution in [2.45, 2.75) is 124 Å². The van der Waals surface area contributed by atoms with Gasteiger partial charge in [-0.2, -0.15) is 0 Å². The largest absolute Gasteiger partial charge is 0.462 e. The number of nitrogens with zero attached hydrogens (tertiary/aromatic N) is 1. The van der Waals surface area contributed by atoms with E-state index >= 15 is 0 Å². The number of fused-ring (bicyclic) bond motifs is 1. The van der Waals surface area contributed by atoms with Crippen LogP contribution in [0, 0.1) is 5.41 Å². The molecule has 4 rings (SSSR count). The van der Waals surface area contributed by atoms with E-state index in [0.717, 1.165) is 60.2 Å². The van der Waals surface area contributed by atoms with Crippen LogP contribution in [0.4, 0.5) is 0 Å². The van der Waals surface area contributed by atoms with Crippen LogP contribution in [-0.4, -0.2) is 31.0 Å². The first-order valence-electron chi connectivity index (χ1n) is 15.4. The Labute approximate surface area is 248 Å². The summed E-state index contributed by atoms with van der Waals surface area (Å²) in [6.07, 6.45) is 6.40. The van der Waals surface area contributed by atoms with E-state index in [1.165, 1.54) is 11.1 Å². The van der Waals surface area contributed by atoms with Crippen molar-refractivity contribution >= 4 is 19.9 Å². The van der Waals surface area contributed by atoms with E-state index in [4.69, 9.17) is 14.1 Å². The lowest BCUT2D eigenvalue weighted by molar-refractivity contribution is 0.0526. The zero-order valence-corrected chi connectivity index (χ0v) is 28.0. The van der Waals surface area contributed by atoms with Crippen molar-refractivity contribution in [1.29, 1.82) is 0 Å². The molecule has 1 N–H and O–H groups in total. The van der Waals surface area contributed by atoms with Crippen molar-refractivity contribution < 1.29 is 19.1 Å². The summed E-state index contributed by atoms with van der Waals surface area (Å²) in [5.74, 6) is -0.216. The standard InChI is InChI=1S/C35H51NO4Si/c1-11-39-33(38)25-18-16-24(17-19-25)32(37)30-28(23-14-12-13-15-23)29-26(36-31(30)22(2)3)20-35(7,8)21-27(29)40-41(9,10)34(4,5)6/h14,16-19,22,27,32,37H,11-13,15,20-21H2,1-10H3. The molecule has 0 saturated carbocycles. The van der Waals surface area contributed by atoms with Gasteiger partial charge in [-0.25, -0.2) is 4.79 Å². The Hall–Kier alpha value is -2.28. The number of rotatable bonds is 8. The van der Waals surface area contributed by atoms with Crippen LogP contribution in [0.15, 0.2) is 30.3 Å². The lowest BCUT2D eigenvalue weighted by atomic mass is 9.71. The molecule has 0 spiro atoms. The Bertz CT molecular complexity index is 1300. The molecule has 0 radical (unpaired) electrons. The van der Waals surface area contributed by atoms with Crippen LogP contribution in [0.1, 0.15) is 143 Å². The van der Waals surface area contributed by atoms with Gasteiger partial charge in [0.15, 0.2) is 8.32 Å². The van der Waals surface area contributed by atoms with Crippen molar-refractivity contribution in [3.05, 3.63) is 69.5 Å². The summed E-state index contributed by atoms with van der Waals surface area (Å²) < 4.78 is 12.4. The predicted octanol–water partition coefficient (Wildman–Crippen LogP) is 9.07. The van der Waals surface area contributed by atoms with E-state index in [2.05, 4.69) is 67.6 Å². The van der Waals surface area contributed by atoms with Gasteiger partial charge >= 0.3 is 5.97 Å². The van der Waals surface area contributed by atoms with Gasteiger partial charge in [-0.3, -0.25) is 4.98 Å². The zero-order chi connectivity index (χ0) is 30.3. The van der Waals surface area contributed by atoms with Crippen molar-refractivity contribution in [2.24, 2.45) is 5.41 Å². The number of benzene rings is 1. The smallest absolute Gasteiger partial charge is 0.338 e. The van der Waals surface area contributed by atoms with Gasteiger partial charge in [-0.05, 0) is 97.3 Å². The molecule has 2 aliphatic rings. The summed E-state index contributed by atoms with van der Waals surface area (Å²) in [5, 5.41) is 12.2. The molecular formula is C35H51NO4Si. The molecule has 224 valence electrons. The van der Waals surface area contributed by atoms with E-state index in [-0.39, 0.29) is 28.4 Å². The Kier molecular flexibility index (Phi) is 9.09. The van der Waals surface area contributed by atoms with Crippen LogP contribution in [0.5, 0.6) is 0 Å². The fraction of sp³-hybridized carbons (Fsp3) is 0.600. The summed E-state index contributed by atoms with van der Waals surface area (Å²) in [6, 6.07) is 7.19. The van der Waals surface area contributed by atoms with Gasteiger partial charge in [-0.15, -0.1) is 0 Å². The second-order valence-corrected chi connectivity index (χ2v) is 19.3. The number of carbonyl (C=O) groups excluding carboxylic acids is 1. The summed E-state index contributed by atoms with van der Waals surface area (Å²) in [7, 11) is -2.11. The second-order valence-electron chi connectivity index (χ2n) is 14.6. The molecule has 0 fully saturated rings. The fourth-order valence-electron chi connectivity index (χ4n) is 6.07. The number of pyridine rings is 1. The van der Waals surface area contributed by atoms with Crippen molar-refractivity contribution in [1.82, 2.24) is 4.98 Å². The van der Waals surface area contributed by atoms with Gasteiger partial charge in [0.25, 0.3) is 0 Å². The molecular weight excluding hydrogens is 526 g/mol. The van der Waals surface area contributed by atoms with Gasteiger partial charge in [0, 0.05) is 22.5 Å². The highest BCUT2D eigenvalue weighted by molar-refractivity contribution is 6.74. The highest BCUT2D eigenvalue weighted by Crippen LogP contribution is 2.52. The lowest BCUT2D eigenvalue weighted by Gasteiger charge is -2.45. The number of aliphatic hydroxyl groups excluding tert-OH is 1. The summed E-state index contributed by atoms with van der Waals surface area (Å²) in [4.78, 5) is 17.7. The third-order valence-electron chi connectivity index (χ3n) is 9.25. The van der Waals surface area contributed by atoms with E-state index in [0.29, 0.717) is 12.2 Å². The van der Waals surface area contributed by atoms with Crippen LogP contribution in [0.3, 0.4) is 0 Å². The molecule has 2 aliphatic carbocycles. The van der Waals surface area contributed by atoms with E-state index < -0.39 is 14.4 Å². The maximum atomic E-state index is 12.3. The van der Waals surface area contributed by atoms with Gasteiger partial charge in [0.2, 0.25) is 0 Å². The van der Waals surface area contributed by atoms with Crippen LogP contribution < -0.4 is 0 Å². The quantitative estimate of drug-likeness (QED) is 0.250. The maximum absolute atomic E-state index is 12.3. The molecule has 0 amide bonds. The average Bonchev–Trinajstić information content (AvgIpc) is 3.40. The van der Waals surface area contributed by atoms with E-state index in [1.807, 2.05) is 12.1 Å². The number of ether oxygens (including phenoxy) is 1. The number of hydrogen-bond donors (Lipinski definition) is 1. The van der Waals surface area contributed by atoms with Crippen LogP contribution in [0.2, 0.25) is 18.1 Å². The maximum Gasteiger partial charge on any atom is 0.338 e. The fourth-order valence-corrected chi connectivity index (χ4v) is 7.34. The van der Waals surface area contributed by atoms with Gasteiger partial charge in [0.05, 0.1) is 18.3 Å². The molecule has 5 nitrogen and oxygen atoms in total. The van der Waals surface area contributed by atoms with Gasteiger partial charge in [0.1, 0.15) is 6.10 Å². The molecule has 0 saturated heterocycles. The molecule has 1 aromatic heterocycles. The lowest BCUT2D eigenvalue weighted by Crippen LogP contribution is -2.44. The molecule has 1 aromatic carbocycles. The predicted molar refractivity (Wildman–Crippen MR) is 170 cm³/mol. The average molecular weight is 578 g/mol. The Morgan fingerprint density at radius 1 is 1.17 bits per heavy atom. The summed E-state index contributed by atoms with van der Waals surface area (Å²) >= 11 is 0. The minimum atomic E-state index is -2.11. The minimum absolute atomic E-state index is 0.0612. The molecule has 1 heterocycles. The monoisotopic (exact) mass is 577 g/mol. The SMILES string of the molecule is CCOC(=O)c1ccc(C(O)c2c(C(C)C)nc3c(c2C2=CCCC2)C(O[Si](C)(C)C(C)(C)C)CC(C)(C)C3)cc1. The molecule has 2 aromatic rings. The molecule has 0 aliphatic heterocycles. The summed E-state index contributed by atoms with van der Waals surface area (Å²) in [6.45, 7) is 22.7. The number of hydrogen-bond acceptors (Lipinski definition) is 5. The highest BCUT2D eigenvalue weighted by atomic mass is 28.4. The highest BCUT2D eigenvalue weighted by Gasteiger charge is 2.45. The first-order valence-corrected chi connectivity index (χ1v) is 18.4. The van der Waals surface area contributed by atoms with E-state index in [9.17, 15) is 9.90 Å². The molecule has 6 heteroatoms. The third kappa shape index (κ3) is 6.55. The first-order chi connectivity index (χ1) is 19.1. The number of aliphatic hydroxyl groups is 1. The molecule has 0 bridgehead atoms. The third-order valence-corrected chi connectivity index (χ3v) is 13.7. The van der Waals surface area contributed by atoms with Gasteiger partial charge in [-0.1, -0.05) is 66.7 Å². The normalized spacial score (nSPS) is 19.6. The van der Waals surface area contributed by atoms with Gasteiger partial charge < -0.3 is 14.3 Å². The second kappa shape index (κ2) is 11.8. The van der Waals surface area contributed by atoms with Crippen LogP contribution >= 0.6 is 0 Å². The van der Waals surface area contributed by atoms with Crippen molar-refractivity contribution in [3.8, 4) is 0 Å². The Balaban J connectivity index is 1.95. The number of allylic oxidation sites excluding steroid dienone is 2. The van der Waals surface area contributed by atoms with Crippen molar-refractivity contribution in [3.63, 3.8) is 0 Å². The van der Waals surface area contributed by atoms with E-state index in [1.54, 1.807) is 19.1 Å². The summed E-state index contributed by atoms with van der Waals surface area (Å²) in [5.41, 5.74) is 7.96. The van der Waals surface area contributed by atoms with Crippen molar-refractivity contribution in [2.75, 3.05) is 6.61 Å². The minimum Gasteiger partial charge on any atom is -0.462 e. The van der Waals surface area contributed by atoms with Crippen LogP contribution in [-0.2, 0) is 15.6 Å². The number of esters is 1. The Morgan fingerprint density at radius 3 is 2.37 bits per heavy atom. The Morgan fingerprint density at radius 2 is 1.83 bits per heavy atom. The molecule has 2 unspecified atom stereocenters. The first kappa shape index (κ1) is 31.6. The zero-order valence-electron chi connectivity index (χ0n) is 27.0. The van der Waals surface area contributed by atoms with Crippen LogP contribution in [0.25, 0.3) is 5.57 Å². The molecule has 41 heavy (non-hydrogen) atoms. The number of carbonyl (C=O) groups is 1. The molecule has 2 atom stereocenters. The number of aromatic nitrogens is 1.